The highest BCUT2D eigenvalue weighted by Crippen LogP contribution is 2.23. The fourth-order valence-corrected chi connectivity index (χ4v) is 3.34. The van der Waals surface area contributed by atoms with Crippen molar-refractivity contribution in [2.45, 2.75) is 26.3 Å². The number of aryl methyl sites for hydroxylation is 2. The molecule has 0 radical (unpaired) electrons. The summed E-state index contributed by atoms with van der Waals surface area (Å²) in [6, 6.07) is 5.13. The molecule has 28 heavy (non-hydrogen) atoms. The van der Waals surface area contributed by atoms with Crippen LogP contribution in [0.15, 0.2) is 24.4 Å². The Morgan fingerprint density at radius 1 is 1.25 bits per heavy atom. The monoisotopic (exact) mass is 406 g/mol. The molecule has 0 unspecified atom stereocenters. The average molecular weight is 407 g/mol. The predicted molar refractivity (Wildman–Crippen MR) is 111 cm³/mol. The van der Waals surface area contributed by atoms with Gasteiger partial charge in [-0.1, -0.05) is 0 Å². The third kappa shape index (κ3) is 6.78. The highest BCUT2D eigenvalue weighted by atomic mass is 32.2. The van der Waals surface area contributed by atoms with Crippen molar-refractivity contribution in [3.05, 3.63) is 41.3 Å². The number of hydrogen-bond acceptors (Lipinski definition) is 8. The largest absolute Gasteiger partial charge is 0.382 e. The summed E-state index contributed by atoms with van der Waals surface area (Å²) >= 11 is 0. The number of primary amides is 1. The van der Waals surface area contributed by atoms with Crippen LogP contribution in [0.1, 0.15) is 28.2 Å². The van der Waals surface area contributed by atoms with E-state index in [1.54, 1.807) is 6.07 Å². The van der Waals surface area contributed by atoms with Crippen molar-refractivity contribution in [2.24, 2.45) is 11.5 Å². The molecule has 0 aliphatic heterocycles. The lowest BCUT2D eigenvalue weighted by atomic mass is 10.2. The fraction of sp³-hybridized carbons (Fsp3) is 0.389. The molecule has 0 fully saturated rings. The molecule has 2 heterocycles. The van der Waals surface area contributed by atoms with Crippen LogP contribution in [-0.2, 0) is 9.84 Å². The van der Waals surface area contributed by atoms with Crippen molar-refractivity contribution >= 4 is 32.9 Å². The summed E-state index contributed by atoms with van der Waals surface area (Å²) in [6.07, 6.45) is 3.00. The summed E-state index contributed by atoms with van der Waals surface area (Å²) in [7, 11) is -3.05. The van der Waals surface area contributed by atoms with E-state index in [1.165, 1.54) is 12.5 Å². The minimum Gasteiger partial charge on any atom is -0.382 e. The smallest absolute Gasteiger partial charge is 0.269 e. The van der Waals surface area contributed by atoms with Gasteiger partial charge >= 0.3 is 0 Å². The predicted octanol–water partition coefficient (Wildman–Crippen LogP) is 1.11. The first kappa shape index (κ1) is 21.6. The van der Waals surface area contributed by atoms with E-state index in [9.17, 15) is 13.2 Å². The summed E-state index contributed by atoms with van der Waals surface area (Å²) in [5.74, 6) is -0.0630. The Kier molecular flexibility index (Phi) is 6.92. The Bertz CT molecular complexity index is 942. The topological polar surface area (TPSA) is 153 Å². The van der Waals surface area contributed by atoms with E-state index in [0.717, 1.165) is 11.3 Å². The van der Waals surface area contributed by atoms with Crippen LogP contribution in [-0.4, -0.2) is 48.9 Å². The standard InChI is InChI=1S/C18H26N6O3S/c1-11-6-12(2)23-16(7-11)24-15-8-14(10-22-17(15)18(20)25)21-9-13(19)4-5-28(3,26)27/h6-8,10,13,21H,4-5,9,19H2,1-3H3,(H2,20,25)(H,23,24)/t13-/m0/s1. The van der Waals surface area contributed by atoms with Crippen LogP contribution in [0.4, 0.5) is 17.2 Å². The number of nitrogens with one attached hydrogen (secondary N) is 2. The Morgan fingerprint density at radius 2 is 1.96 bits per heavy atom. The molecule has 0 aliphatic carbocycles. The Morgan fingerprint density at radius 3 is 2.57 bits per heavy atom. The maximum atomic E-state index is 11.7. The van der Waals surface area contributed by atoms with Crippen molar-refractivity contribution < 1.29 is 13.2 Å². The van der Waals surface area contributed by atoms with Gasteiger partial charge in [0, 0.05) is 24.5 Å². The van der Waals surface area contributed by atoms with Crippen molar-refractivity contribution in [3.8, 4) is 0 Å². The molecule has 1 atom stereocenters. The van der Waals surface area contributed by atoms with Crippen molar-refractivity contribution in [1.29, 1.82) is 0 Å². The minimum absolute atomic E-state index is 0.0277. The molecule has 0 spiro atoms. The van der Waals surface area contributed by atoms with Gasteiger partial charge in [-0.2, -0.15) is 0 Å². The summed E-state index contributed by atoms with van der Waals surface area (Å²) in [6.45, 7) is 4.18. The summed E-state index contributed by atoms with van der Waals surface area (Å²) < 4.78 is 22.5. The maximum Gasteiger partial charge on any atom is 0.269 e. The van der Waals surface area contributed by atoms with E-state index >= 15 is 0 Å². The summed E-state index contributed by atoms with van der Waals surface area (Å²) in [5.41, 5.74) is 14.4. The molecule has 0 saturated heterocycles. The molecule has 0 aromatic carbocycles. The Balaban J connectivity index is 2.15. The molecule has 6 N–H and O–H groups in total. The number of sulfone groups is 1. The van der Waals surface area contributed by atoms with Crippen LogP contribution in [0.25, 0.3) is 0 Å². The average Bonchev–Trinajstić information content (AvgIpc) is 2.56. The zero-order valence-corrected chi connectivity index (χ0v) is 17.0. The van der Waals surface area contributed by atoms with Crippen LogP contribution in [0.3, 0.4) is 0 Å². The molecule has 2 aromatic heterocycles. The van der Waals surface area contributed by atoms with Gasteiger partial charge in [-0.05, 0) is 44.0 Å². The van der Waals surface area contributed by atoms with Gasteiger partial charge in [-0.25, -0.2) is 18.4 Å². The lowest BCUT2D eigenvalue weighted by Gasteiger charge is -2.15. The molecule has 0 saturated carbocycles. The second kappa shape index (κ2) is 8.98. The highest BCUT2D eigenvalue weighted by Gasteiger charge is 2.13. The SMILES string of the molecule is Cc1cc(C)nc(Nc2cc(NC[C@@H](N)CCS(C)(=O)=O)cnc2C(N)=O)c1. The van der Waals surface area contributed by atoms with Gasteiger partial charge in [0.2, 0.25) is 0 Å². The lowest BCUT2D eigenvalue weighted by Crippen LogP contribution is -2.31. The quantitative estimate of drug-likeness (QED) is 0.483. The van der Waals surface area contributed by atoms with E-state index in [0.29, 0.717) is 30.2 Å². The third-order valence-electron chi connectivity index (χ3n) is 3.91. The van der Waals surface area contributed by atoms with E-state index < -0.39 is 15.7 Å². The normalized spacial score (nSPS) is 12.4. The van der Waals surface area contributed by atoms with Crippen molar-refractivity contribution in [3.63, 3.8) is 0 Å². The molecular formula is C18H26N6O3S. The van der Waals surface area contributed by atoms with E-state index in [1.807, 2.05) is 26.0 Å². The number of pyridine rings is 2. The zero-order valence-electron chi connectivity index (χ0n) is 16.2. The van der Waals surface area contributed by atoms with Crippen molar-refractivity contribution in [2.75, 3.05) is 29.2 Å². The van der Waals surface area contributed by atoms with Gasteiger partial charge in [0.1, 0.15) is 15.7 Å². The van der Waals surface area contributed by atoms with Gasteiger partial charge in [-0.15, -0.1) is 0 Å². The maximum absolute atomic E-state index is 11.7. The van der Waals surface area contributed by atoms with Gasteiger partial charge in [0.05, 0.1) is 23.3 Å². The first-order valence-corrected chi connectivity index (χ1v) is 10.8. The van der Waals surface area contributed by atoms with E-state index in [2.05, 4.69) is 20.6 Å². The van der Waals surface area contributed by atoms with Crippen LogP contribution in [0.2, 0.25) is 0 Å². The number of anilines is 3. The van der Waals surface area contributed by atoms with E-state index in [4.69, 9.17) is 11.5 Å². The molecule has 9 nitrogen and oxygen atoms in total. The van der Waals surface area contributed by atoms with Crippen LogP contribution in [0, 0.1) is 13.8 Å². The summed E-state index contributed by atoms with van der Waals surface area (Å²) in [5, 5.41) is 6.18. The molecule has 2 aromatic rings. The molecule has 2 rings (SSSR count). The molecule has 0 aliphatic rings. The number of carbonyl (C=O) groups is 1. The first-order valence-electron chi connectivity index (χ1n) is 8.73. The lowest BCUT2D eigenvalue weighted by molar-refractivity contribution is 0.0996. The first-order chi connectivity index (χ1) is 13.0. The number of hydrogen-bond donors (Lipinski definition) is 4. The number of rotatable bonds is 9. The highest BCUT2D eigenvalue weighted by molar-refractivity contribution is 7.90. The fourth-order valence-electron chi connectivity index (χ4n) is 2.61. The zero-order chi connectivity index (χ0) is 20.9. The summed E-state index contributed by atoms with van der Waals surface area (Å²) in [4.78, 5) is 20.2. The number of amides is 1. The van der Waals surface area contributed by atoms with Gasteiger partial charge in [0.15, 0.2) is 5.69 Å². The third-order valence-corrected chi connectivity index (χ3v) is 4.89. The second-order valence-electron chi connectivity index (χ2n) is 6.84. The molecule has 1 amide bonds. The van der Waals surface area contributed by atoms with Gasteiger partial charge < -0.3 is 22.1 Å². The number of carbonyl (C=O) groups excluding carboxylic acids is 1. The van der Waals surface area contributed by atoms with Crippen LogP contribution in [0.5, 0.6) is 0 Å². The number of nitrogens with zero attached hydrogens (tertiary/aromatic N) is 2. The van der Waals surface area contributed by atoms with Gasteiger partial charge in [0.25, 0.3) is 5.91 Å². The minimum atomic E-state index is -3.05. The van der Waals surface area contributed by atoms with Crippen LogP contribution >= 0.6 is 0 Å². The van der Waals surface area contributed by atoms with Crippen molar-refractivity contribution in [1.82, 2.24) is 9.97 Å². The number of nitrogens with two attached hydrogens (primary N) is 2. The number of aromatic nitrogens is 2. The molecular weight excluding hydrogens is 380 g/mol. The van der Waals surface area contributed by atoms with Gasteiger partial charge in [-0.3, -0.25) is 4.79 Å². The molecule has 152 valence electrons. The molecule has 10 heteroatoms. The Hall–Kier alpha value is -2.72. The van der Waals surface area contributed by atoms with E-state index in [-0.39, 0.29) is 17.5 Å². The molecule has 0 bridgehead atoms. The Labute approximate surface area is 164 Å². The second-order valence-corrected chi connectivity index (χ2v) is 9.10. The van der Waals surface area contributed by atoms with Crippen LogP contribution < -0.4 is 22.1 Å².